The zero-order valence-electron chi connectivity index (χ0n) is 11.7. The van der Waals surface area contributed by atoms with Crippen LogP contribution in [0.4, 0.5) is 8.78 Å². The summed E-state index contributed by atoms with van der Waals surface area (Å²) in [4.78, 5) is 11.0. The summed E-state index contributed by atoms with van der Waals surface area (Å²) in [5.41, 5.74) is -1.05. The van der Waals surface area contributed by atoms with Crippen molar-refractivity contribution in [2.45, 2.75) is 49.4 Å². The van der Waals surface area contributed by atoms with Crippen molar-refractivity contribution in [3.63, 3.8) is 0 Å². The van der Waals surface area contributed by atoms with Gasteiger partial charge in [-0.1, -0.05) is 0 Å². The molecule has 0 atom stereocenters. The molecule has 4 fully saturated rings. The third-order valence-corrected chi connectivity index (χ3v) is 6.37. The first-order valence-corrected chi connectivity index (χ1v) is 8.50. The highest BCUT2D eigenvalue weighted by Gasteiger charge is 2.61. The van der Waals surface area contributed by atoms with Gasteiger partial charge in [-0.25, -0.2) is 4.79 Å². The van der Waals surface area contributed by atoms with E-state index < -0.39 is 26.9 Å². The van der Waals surface area contributed by atoms with Gasteiger partial charge in [0.15, 0.2) is 0 Å². The van der Waals surface area contributed by atoms with Crippen molar-refractivity contribution < 1.29 is 30.9 Å². The van der Waals surface area contributed by atoms with Crippen LogP contribution in [-0.2, 0) is 23.8 Å². The van der Waals surface area contributed by atoms with Crippen LogP contribution in [0.1, 0.15) is 38.5 Å². The van der Waals surface area contributed by atoms with Crippen molar-refractivity contribution in [2.24, 2.45) is 17.8 Å². The Labute approximate surface area is 122 Å². The molecule has 0 spiro atoms. The monoisotopic (exact) mass is 324 g/mol. The van der Waals surface area contributed by atoms with E-state index in [1.54, 1.807) is 0 Å². The summed E-state index contributed by atoms with van der Waals surface area (Å²) in [6.45, 7) is 0. The first-order chi connectivity index (χ1) is 9.67. The number of carbonyl (C=O) groups is 1. The van der Waals surface area contributed by atoms with Crippen molar-refractivity contribution >= 4 is 16.1 Å². The average Bonchev–Trinajstić information content (AvgIpc) is 2.34. The lowest BCUT2D eigenvalue weighted by atomic mass is 9.54. The number of hydrogen-bond donors (Lipinski definition) is 0. The lowest BCUT2D eigenvalue weighted by Gasteiger charge is -2.55. The SMILES string of the molecule is COC(=O)C(F)(F)S(=O)(=O)OC12CC3CC(CC(C3)C1)C2. The molecule has 4 bridgehead atoms. The highest BCUT2D eigenvalue weighted by Crippen LogP contribution is 2.58. The fourth-order valence-corrected chi connectivity index (χ4v) is 5.70. The Bertz CT molecular complexity index is 522. The Hall–Kier alpha value is -0.760. The van der Waals surface area contributed by atoms with Gasteiger partial charge in [0.1, 0.15) is 0 Å². The van der Waals surface area contributed by atoms with Crippen LogP contribution in [0.5, 0.6) is 0 Å². The van der Waals surface area contributed by atoms with Gasteiger partial charge < -0.3 is 4.74 Å². The molecule has 0 heterocycles. The molecular weight excluding hydrogens is 306 g/mol. The summed E-state index contributed by atoms with van der Waals surface area (Å²) in [5, 5.41) is -4.66. The van der Waals surface area contributed by atoms with E-state index >= 15 is 0 Å². The van der Waals surface area contributed by atoms with Crippen LogP contribution in [0.3, 0.4) is 0 Å². The largest absolute Gasteiger partial charge is 0.466 e. The van der Waals surface area contributed by atoms with Crippen LogP contribution in [0.25, 0.3) is 0 Å². The molecule has 120 valence electrons. The maximum absolute atomic E-state index is 13.7. The molecule has 5 nitrogen and oxygen atoms in total. The van der Waals surface area contributed by atoms with Crippen LogP contribution < -0.4 is 0 Å². The molecule has 4 rings (SSSR count). The van der Waals surface area contributed by atoms with Gasteiger partial charge in [0.05, 0.1) is 12.7 Å². The highest BCUT2D eigenvalue weighted by atomic mass is 32.2. The predicted molar refractivity (Wildman–Crippen MR) is 67.9 cm³/mol. The summed E-state index contributed by atoms with van der Waals surface area (Å²) in [5.74, 6) is -1.07. The molecule has 4 aliphatic carbocycles. The first-order valence-electron chi connectivity index (χ1n) is 7.09. The van der Waals surface area contributed by atoms with Gasteiger partial charge in [-0.05, 0) is 56.3 Å². The number of rotatable bonds is 4. The number of hydrogen-bond acceptors (Lipinski definition) is 5. The zero-order chi connectivity index (χ0) is 15.5. The van der Waals surface area contributed by atoms with Crippen molar-refractivity contribution in [3.05, 3.63) is 0 Å². The van der Waals surface area contributed by atoms with Crippen molar-refractivity contribution in [1.29, 1.82) is 0 Å². The van der Waals surface area contributed by atoms with Gasteiger partial charge in [-0.3, -0.25) is 4.18 Å². The fraction of sp³-hybridized carbons (Fsp3) is 0.923. The number of carbonyl (C=O) groups excluding carboxylic acids is 1. The third kappa shape index (κ3) is 2.36. The van der Waals surface area contributed by atoms with Crippen molar-refractivity contribution in [1.82, 2.24) is 0 Å². The van der Waals surface area contributed by atoms with E-state index in [-0.39, 0.29) is 0 Å². The van der Waals surface area contributed by atoms with E-state index in [1.807, 2.05) is 0 Å². The molecule has 8 heteroatoms. The molecule has 21 heavy (non-hydrogen) atoms. The minimum Gasteiger partial charge on any atom is -0.464 e. The molecular formula is C13H18F2O5S. The zero-order valence-corrected chi connectivity index (χ0v) is 12.5. The van der Waals surface area contributed by atoms with E-state index in [4.69, 9.17) is 4.18 Å². The van der Waals surface area contributed by atoms with Crippen molar-refractivity contribution in [3.8, 4) is 0 Å². The maximum atomic E-state index is 13.7. The van der Waals surface area contributed by atoms with Crippen LogP contribution in [-0.4, -0.2) is 32.4 Å². The summed E-state index contributed by atoms with van der Waals surface area (Å²) >= 11 is 0. The molecule has 0 aromatic carbocycles. The Kier molecular flexibility index (Phi) is 3.33. The molecule has 0 saturated heterocycles. The average molecular weight is 324 g/mol. The number of alkyl halides is 2. The molecule has 0 amide bonds. The molecule has 0 unspecified atom stereocenters. The van der Waals surface area contributed by atoms with Crippen LogP contribution in [0.15, 0.2) is 0 Å². The molecule has 0 N–H and O–H groups in total. The summed E-state index contributed by atoms with van der Waals surface area (Å²) in [6.07, 6.45) is 4.52. The molecule has 0 aromatic heterocycles. The number of ether oxygens (including phenoxy) is 1. The second-order valence-corrected chi connectivity index (χ2v) is 8.23. The number of esters is 1. The number of halogens is 2. The lowest BCUT2D eigenvalue weighted by molar-refractivity contribution is -0.160. The molecule has 0 aromatic rings. The fourth-order valence-electron chi connectivity index (χ4n) is 4.64. The van der Waals surface area contributed by atoms with Crippen LogP contribution in [0, 0.1) is 17.8 Å². The Morgan fingerprint density at radius 3 is 1.90 bits per heavy atom. The van der Waals surface area contributed by atoms with Gasteiger partial charge in [-0.2, -0.15) is 17.2 Å². The van der Waals surface area contributed by atoms with Gasteiger partial charge in [0.25, 0.3) is 0 Å². The molecule has 4 saturated carbocycles. The highest BCUT2D eigenvalue weighted by molar-refractivity contribution is 7.88. The predicted octanol–water partition coefficient (Wildman–Crippen LogP) is 2.07. The topological polar surface area (TPSA) is 69.7 Å². The Balaban J connectivity index is 1.84. The summed E-state index contributed by atoms with van der Waals surface area (Å²) in [6, 6.07) is 0. The summed E-state index contributed by atoms with van der Waals surface area (Å²) in [7, 11) is -4.62. The maximum Gasteiger partial charge on any atom is 0.466 e. The molecule has 0 aliphatic heterocycles. The van der Waals surface area contributed by atoms with Crippen LogP contribution >= 0.6 is 0 Å². The summed E-state index contributed by atoms with van der Waals surface area (Å²) < 4.78 is 59.9. The standard InChI is InChI=1S/C13H18F2O5S/c1-19-11(16)13(14,15)21(17,18)20-12-5-8-2-9(6-12)4-10(3-8)7-12/h8-10H,2-7H2,1H3. The number of methoxy groups -OCH3 is 1. The molecule has 0 radical (unpaired) electrons. The van der Waals surface area contributed by atoms with Gasteiger partial charge in [0, 0.05) is 0 Å². The van der Waals surface area contributed by atoms with Crippen LogP contribution in [0.2, 0.25) is 0 Å². The minimum absolute atomic E-state index is 0.346. The Morgan fingerprint density at radius 2 is 1.52 bits per heavy atom. The second-order valence-electron chi connectivity index (χ2n) is 6.65. The van der Waals surface area contributed by atoms with E-state index in [2.05, 4.69) is 4.74 Å². The van der Waals surface area contributed by atoms with Gasteiger partial charge in [-0.15, -0.1) is 0 Å². The lowest BCUT2D eigenvalue weighted by Crippen LogP contribution is -2.55. The smallest absolute Gasteiger partial charge is 0.464 e. The minimum atomic E-state index is -5.34. The van der Waals surface area contributed by atoms with E-state index in [1.165, 1.54) is 0 Å². The van der Waals surface area contributed by atoms with E-state index in [0.717, 1.165) is 26.4 Å². The van der Waals surface area contributed by atoms with Gasteiger partial charge >= 0.3 is 21.3 Å². The van der Waals surface area contributed by atoms with Crippen molar-refractivity contribution in [2.75, 3.05) is 7.11 Å². The quantitative estimate of drug-likeness (QED) is 0.585. The first kappa shape index (κ1) is 15.1. The normalized spacial score (nSPS) is 38.5. The van der Waals surface area contributed by atoms with E-state index in [0.29, 0.717) is 37.0 Å². The second kappa shape index (κ2) is 4.62. The van der Waals surface area contributed by atoms with E-state index in [9.17, 15) is 22.0 Å². The van der Waals surface area contributed by atoms with Gasteiger partial charge in [0.2, 0.25) is 0 Å². The third-order valence-electron chi connectivity index (χ3n) is 5.01. The Morgan fingerprint density at radius 1 is 1.10 bits per heavy atom. The molecule has 4 aliphatic rings.